The molecule has 0 saturated carbocycles. The fraction of sp³-hybridized carbons (Fsp3) is 0.650. The van der Waals surface area contributed by atoms with Crippen LogP contribution in [0.5, 0.6) is 0 Å². The van der Waals surface area contributed by atoms with Gasteiger partial charge in [0.15, 0.2) is 6.10 Å². The molecule has 69 heavy (non-hydrogen) atoms. The van der Waals surface area contributed by atoms with Crippen LogP contribution in [0.15, 0.2) is 109 Å². The molecule has 1 N–H and O–H groups in total. The number of carboxylic acid groups (broad SMARTS) is 1. The number of unbranched alkanes of at least 4 members (excludes halogenated alkanes) is 15. The van der Waals surface area contributed by atoms with Gasteiger partial charge in [-0.15, -0.1) is 0 Å². The molecule has 0 aromatic rings. The zero-order valence-corrected chi connectivity index (χ0v) is 44.4. The van der Waals surface area contributed by atoms with Crippen LogP contribution < -0.4 is 0 Å². The van der Waals surface area contributed by atoms with E-state index in [0.717, 1.165) is 109 Å². The van der Waals surface area contributed by atoms with E-state index in [9.17, 15) is 19.5 Å². The smallest absolute Gasteiger partial charge is 0.361 e. The van der Waals surface area contributed by atoms with Gasteiger partial charge in [-0.3, -0.25) is 9.59 Å². The molecule has 0 rings (SSSR count). The summed E-state index contributed by atoms with van der Waals surface area (Å²) in [5, 5.41) is 9.69. The molecule has 0 amide bonds. The second-order valence-electron chi connectivity index (χ2n) is 18.8. The number of hydrogen-bond donors (Lipinski definition) is 1. The fourth-order valence-electron chi connectivity index (χ4n) is 6.84. The van der Waals surface area contributed by atoms with Gasteiger partial charge in [-0.05, 0) is 103 Å². The summed E-state index contributed by atoms with van der Waals surface area (Å²) in [6, 6.07) is 0. The molecule has 0 fully saturated rings. The minimum atomic E-state index is -1.53. The van der Waals surface area contributed by atoms with Crippen LogP contribution in [-0.4, -0.2) is 87.4 Å². The van der Waals surface area contributed by atoms with Crippen LogP contribution in [0, 0.1) is 0 Å². The summed E-state index contributed by atoms with van der Waals surface area (Å²) >= 11 is 0. The van der Waals surface area contributed by atoms with Gasteiger partial charge in [0.05, 0.1) is 34.4 Å². The van der Waals surface area contributed by atoms with Gasteiger partial charge in [0.25, 0.3) is 6.29 Å². The second kappa shape index (κ2) is 50.3. The van der Waals surface area contributed by atoms with Gasteiger partial charge >= 0.3 is 17.9 Å². The third kappa shape index (κ3) is 51.6. The monoisotopic (exact) mass is 963 g/mol. The number of carbonyl (C=O) groups excluding carboxylic acids is 2. The van der Waals surface area contributed by atoms with E-state index in [2.05, 4.69) is 123 Å². The van der Waals surface area contributed by atoms with Crippen molar-refractivity contribution >= 4 is 17.9 Å². The van der Waals surface area contributed by atoms with Crippen molar-refractivity contribution in [2.75, 3.05) is 47.5 Å². The van der Waals surface area contributed by atoms with Crippen LogP contribution in [-0.2, 0) is 33.3 Å². The van der Waals surface area contributed by atoms with Gasteiger partial charge in [0.1, 0.15) is 13.2 Å². The largest absolute Gasteiger partial charge is 0.477 e. The molecule has 0 aromatic carbocycles. The van der Waals surface area contributed by atoms with Gasteiger partial charge in [-0.1, -0.05) is 187 Å². The van der Waals surface area contributed by atoms with Crippen molar-refractivity contribution in [1.29, 1.82) is 0 Å². The van der Waals surface area contributed by atoms with Crippen molar-refractivity contribution in [2.24, 2.45) is 0 Å². The summed E-state index contributed by atoms with van der Waals surface area (Å²) in [6.07, 6.45) is 65.8. The Bertz CT molecular complexity index is 1490. The lowest BCUT2D eigenvalue weighted by Crippen LogP contribution is -2.40. The molecule has 0 spiro atoms. The molecule has 0 aromatic heterocycles. The molecule has 0 bridgehead atoms. The van der Waals surface area contributed by atoms with Crippen LogP contribution in [0.4, 0.5) is 0 Å². The molecule has 0 aliphatic rings. The van der Waals surface area contributed by atoms with Crippen molar-refractivity contribution in [3.63, 3.8) is 0 Å². The van der Waals surface area contributed by atoms with Crippen molar-refractivity contribution in [3.8, 4) is 0 Å². The lowest BCUT2D eigenvalue weighted by atomic mass is 10.1. The van der Waals surface area contributed by atoms with Crippen molar-refractivity contribution in [3.05, 3.63) is 109 Å². The van der Waals surface area contributed by atoms with E-state index in [1.165, 1.54) is 51.4 Å². The minimum Gasteiger partial charge on any atom is -0.477 e. The Labute approximate surface area is 422 Å². The molecule has 392 valence electrons. The van der Waals surface area contributed by atoms with Gasteiger partial charge in [0.2, 0.25) is 0 Å². The first kappa shape index (κ1) is 65.0. The quantitative estimate of drug-likeness (QED) is 0.0211. The number of carboxylic acids is 1. The van der Waals surface area contributed by atoms with Gasteiger partial charge in [-0.25, -0.2) is 4.79 Å². The van der Waals surface area contributed by atoms with Crippen molar-refractivity contribution in [2.45, 2.75) is 206 Å². The molecule has 0 saturated heterocycles. The Hall–Kier alpha value is -4.05. The number of allylic oxidation sites excluding steroid dienone is 18. The Kier molecular flexibility index (Phi) is 47.4. The Morgan fingerprint density at radius 3 is 1.23 bits per heavy atom. The van der Waals surface area contributed by atoms with Crippen molar-refractivity contribution in [1.82, 2.24) is 0 Å². The SMILES string of the molecule is CC/C=C\C/C=C\C/C=C\C/C=C\C/C=C\C/C=C\CCCCCCC(=O)OC(COC(=O)CCCCCCCC/C=C\C/C=C\C/C=C\CCCCCCC)COC(OCC[N+](C)(C)C)C(=O)O. The highest BCUT2D eigenvalue weighted by Gasteiger charge is 2.25. The molecule has 0 aliphatic heterocycles. The number of likely N-dealkylation sites (N-methyl/N-ethyl adjacent to an activating group) is 1. The van der Waals surface area contributed by atoms with Crippen molar-refractivity contribution < 1.29 is 42.9 Å². The number of nitrogens with zero attached hydrogens (tertiary/aromatic N) is 1. The molecule has 9 nitrogen and oxygen atoms in total. The highest BCUT2D eigenvalue weighted by Crippen LogP contribution is 2.13. The Balaban J connectivity index is 4.43. The Morgan fingerprint density at radius 1 is 0.449 bits per heavy atom. The first-order valence-electron chi connectivity index (χ1n) is 27.1. The normalized spacial score (nSPS) is 13.7. The van der Waals surface area contributed by atoms with E-state index < -0.39 is 24.3 Å². The van der Waals surface area contributed by atoms with Gasteiger partial charge in [-0.2, -0.15) is 0 Å². The van der Waals surface area contributed by atoms with E-state index in [-0.39, 0.29) is 38.6 Å². The number of hydrogen-bond acceptors (Lipinski definition) is 7. The molecular formula is C60H100NO8+. The maximum absolute atomic E-state index is 12.8. The van der Waals surface area contributed by atoms with Crippen LogP contribution in [0.2, 0.25) is 0 Å². The summed E-state index contributed by atoms with van der Waals surface area (Å²) < 4.78 is 22.8. The zero-order valence-electron chi connectivity index (χ0n) is 44.4. The maximum atomic E-state index is 12.8. The molecule has 2 unspecified atom stereocenters. The molecule has 2 atom stereocenters. The van der Waals surface area contributed by atoms with E-state index in [1.54, 1.807) is 0 Å². The minimum absolute atomic E-state index is 0.173. The molecule has 9 heteroatoms. The summed E-state index contributed by atoms with van der Waals surface area (Å²) in [6.45, 7) is 4.68. The van der Waals surface area contributed by atoms with Gasteiger partial charge in [0, 0.05) is 12.8 Å². The second-order valence-corrected chi connectivity index (χ2v) is 18.8. The summed E-state index contributed by atoms with van der Waals surface area (Å²) in [4.78, 5) is 37.4. The molecule has 0 aliphatic carbocycles. The van der Waals surface area contributed by atoms with Crippen LogP contribution in [0.1, 0.15) is 194 Å². The first-order chi connectivity index (χ1) is 33.6. The third-order valence-corrected chi connectivity index (χ3v) is 11.0. The highest BCUT2D eigenvalue weighted by atomic mass is 16.7. The lowest BCUT2D eigenvalue weighted by Gasteiger charge is -2.25. The van der Waals surface area contributed by atoms with E-state index >= 15 is 0 Å². The topological polar surface area (TPSA) is 108 Å². The number of carbonyl (C=O) groups is 3. The number of ether oxygens (including phenoxy) is 4. The summed E-state index contributed by atoms with van der Waals surface area (Å²) in [7, 11) is 5.94. The van der Waals surface area contributed by atoms with Crippen LogP contribution in [0.25, 0.3) is 0 Å². The first-order valence-corrected chi connectivity index (χ1v) is 27.1. The lowest BCUT2D eigenvalue weighted by molar-refractivity contribution is -0.870. The average molecular weight is 963 g/mol. The number of esters is 2. The third-order valence-electron chi connectivity index (χ3n) is 11.0. The number of rotatable bonds is 48. The zero-order chi connectivity index (χ0) is 50.6. The predicted molar refractivity (Wildman–Crippen MR) is 290 cm³/mol. The van der Waals surface area contributed by atoms with E-state index in [1.807, 2.05) is 21.1 Å². The summed E-state index contributed by atoms with van der Waals surface area (Å²) in [5.74, 6) is -2.07. The van der Waals surface area contributed by atoms with E-state index in [4.69, 9.17) is 18.9 Å². The predicted octanol–water partition coefficient (Wildman–Crippen LogP) is 15.6. The van der Waals surface area contributed by atoms with Gasteiger partial charge < -0.3 is 28.5 Å². The van der Waals surface area contributed by atoms with E-state index in [0.29, 0.717) is 17.4 Å². The van der Waals surface area contributed by atoms with Crippen LogP contribution in [0.3, 0.4) is 0 Å². The summed E-state index contributed by atoms with van der Waals surface area (Å²) in [5.41, 5.74) is 0. The standard InChI is InChI=1S/C60H99NO8/c1-6-8-10-12-14-16-18-20-22-24-26-28-29-31-33-35-37-39-41-43-45-47-49-51-58(63)69-56(55-68-60(59(64)65)66-53-52-61(3,4)5)54-67-57(62)50-48-46-44-42-40-38-36-34-32-30-27-25-23-21-19-17-15-13-11-9-7-2/h8,10,14,16,19-22,25-28,31-34,37,39,56,60H,6-7,9,11-13,15,17-18,23-24,29-30,35-36,38,40-55H2,1-5H3/p+1/b10-8-,16-14-,21-19-,22-20-,27-25-,28-26-,33-31-,34-32-,39-37-. The molecule has 0 heterocycles. The molecular weight excluding hydrogens is 863 g/mol. The maximum Gasteiger partial charge on any atom is 0.361 e. The average Bonchev–Trinajstić information content (AvgIpc) is 3.31. The number of aliphatic carboxylic acids is 1. The Morgan fingerprint density at radius 2 is 0.826 bits per heavy atom. The molecule has 0 radical (unpaired) electrons. The fourth-order valence-corrected chi connectivity index (χ4v) is 6.84. The highest BCUT2D eigenvalue weighted by molar-refractivity contribution is 5.71. The number of quaternary nitrogens is 1. The van der Waals surface area contributed by atoms with Crippen LogP contribution >= 0.6 is 0 Å².